The highest BCUT2D eigenvalue weighted by Gasteiger charge is 2.05. The molecule has 0 bridgehead atoms. The van der Waals surface area contributed by atoms with Crippen molar-refractivity contribution in [2.24, 2.45) is 0 Å². The van der Waals surface area contributed by atoms with E-state index in [1.54, 1.807) is 0 Å². The maximum atomic E-state index is 9.82. The monoisotopic (exact) mass is 87.0 g/mol. The Morgan fingerprint density at radius 1 is 1.33 bits per heavy atom. The second-order valence-electron chi connectivity index (χ2n) is 0.833. The molecule has 3 nitrogen and oxygen atoms in total. The van der Waals surface area contributed by atoms with Crippen molar-refractivity contribution in [1.29, 1.82) is 0 Å². The van der Waals surface area contributed by atoms with Gasteiger partial charge in [0.1, 0.15) is 12.5 Å². The molecule has 1 aliphatic rings. The summed E-state index contributed by atoms with van der Waals surface area (Å²) in [6.45, 7) is -1.31. The average molecular weight is 87.1 g/mol. The molecule has 0 fully saturated rings. The fraction of sp³-hybridized carbons (Fsp3) is 0.333. The molecule has 1 heterocycles. The van der Waals surface area contributed by atoms with Gasteiger partial charge >= 0.3 is 6.48 Å². The molecule has 0 saturated heterocycles. The summed E-state index contributed by atoms with van der Waals surface area (Å²) in [5, 5.41) is 9.82. The largest absolute Gasteiger partial charge is 0.435 e. The molecule has 3 heteroatoms. The van der Waals surface area contributed by atoms with Crippen LogP contribution in [0.15, 0.2) is 12.5 Å². The molecule has 0 saturated carbocycles. The van der Waals surface area contributed by atoms with Gasteiger partial charge in [-0.25, -0.2) is 0 Å². The van der Waals surface area contributed by atoms with Gasteiger partial charge in [-0.2, -0.15) is 0 Å². The minimum atomic E-state index is -1.31. The molecule has 1 rings (SSSR count). The van der Waals surface area contributed by atoms with Crippen LogP contribution >= 0.6 is 0 Å². The lowest BCUT2D eigenvalue weighted by Gasteiger charge is -1.93. The van der Waals surface area contributed by atoms with Crippen molar-refractivity contribution in [1.82, 2.24) is 0 Å². The summed E-state index contributed by atoms with van der Waals surface area (Å²) in [7, 11) is 0. The Labute approximate surface area is 34.8 Å². The smallest absolute Gasteiger partial charge is 0.387 e. The number of hydrogen-bond donors (Lipinski definition) is 0. The highest BCUT2D eigenvalue weighted by molar-refractivity contribution is 4.65. The Bertz CT molecular complexity index is 60.4. The van der Waals surface area contributed by atoms with Gasteiger partial charge in [-0.05, 0) is 0 Å². The Kier molecular flexibility index (Phi) is 0.686. The van der Waals surface area contributed by atoms with E-state index in [-0.39, 0.29) is 0 Å². The lowest BCUT2D eigenvalue weighted by Crippen LogP contribution is -2.00. The van der Waals surface area contributed by atoms with Crippen LogP contribution in [0.1, 0.15) is 0 Å². The fourth-order valence-corrected chi connectivity index (χ4v) is 0.225. The van der Waals surface area contributed by atoms with Crippen molar-refractivity contribution < 1.29 is 14.6 Å². The van der Waals surface area contributed by atoms with E-state index in [9.17, 15) is 5.11 Å². The zero-order valence-electron chi connectivity index (χ0n) is 2.96. The first-order valence-electron chi connectivity index (χ1n) is 1.51. The average Bonchev–Trinajstić information content (AvgIpc) is 1.86. The highest BCUT2D eigenvalue weighted by atomic mass is 16.8. The number of hydrogen-bond acceptors (Lipinski definition) is 2. The Balaban J connectivity index is 2.32. The third-order valence-corrected chi connectivity index (χ3v) is 0.435. The van der Waals surface area contributed by atoms with Gasteiger partial charge in [-0.3, -0.25) is 0 Å². The molecule has 1 aliphatic heterocycles. The Morgan fingerprint density at radius 3 is 2.00 bits per heavy atom. The molecule has 0 N–H and O–H groups in total. The van der Waals surface area contributed by atoms with Crippen LogP contribution in [0.5, 0.6) is 0 Å². The SMILES string of the molecule is [O]C1OC=CO1. The van der Waals surface area contributed by atoms with Crippen LogP contribution in [0, 0.1) is 0 Å². The van der Waals surface area contributed by atoms with Crippen molar-refractivity contribution in [3.05, 3.63) is 12.5 Å². The fourth-order valence-electron chi connectivity index (χ4n) is 0.225. The van der Waals surface area contributed by atoms with Crippen LogP contribution in [0.2, 0.25) is 0 Å². The Morgan fingerprint density at radius 2 is 1.83 bits per heavy atom. The summed E-state index contributed by atoms with van der Waals surface area (Å²) < 4.78 is 8.39. The van der Waals surface area contributed by atoms with Gasteiger partial charge in [0, 0.05) is 0 Å². The van der Waals surface area contributed by atoms with E-state index in [2.05, 4.69) is 9.47 Å². The zero-order chi connectivity index (χ0) is 4.41. The van der Waals surface area contributed by atoms with E-state index >= 15 is 0 Å². The maximum absolute atomic E-state index is 9.82. The van der Waals surface area contributed by atoms with Crippen molar-refractivity contribution in [3.63, 3.8) is 0 Å². The second-order valence-corrected chi connectivity index (χ2v) is 0.833. The highest BCUT2D eigenvalue weighted by Crippen LogP contribution is 1.99. The summed E-state index contributed by atoms with van der Waals surface area (Å²) in [5.41, 5.74) is 0. The van der Waals surface area contributed by atoms with Gasteiger partial charge in [0.25, 0.3) is 0 Å². The first-order chi connectivity index (χ1) is 2.89. The van der Waals surface area contributed by atoms with Gasteiger partial charge < -0.3 is 9.47 Å². The molecule has 0 aromatic carbocycles. The molecule has 0 amide bonds. The van der Waals surface area contributed by atoms with E-state index < -0.39 is 6.48 Å². The quantitative estimate of drug-likeness (QED) is 0.423. The van der Waals surface area contributed by atoms with E-state index in [0.717, 1.165) is 0 Å². The predicted molar refractivity (Wildman–Crippen MR) is 15.8 cm³/mol. The van der Waals surface area contributed by atoms with Gasteiger partial charge in [0.05, 0.1) is 0 Å². The minimum absolute atomic E-state index is 1.22. The molecule has 0 aromatic rings. The lowest BCUT2D eigenvalue weighted by atomic mass is 11.1. The summed E-state index contributed by atoms with van der Waals surface area (Å²) in [6.07, 6.45) is 2.44. The van der Waals surface area contributed by atoms with Crippen LogP contribution in [0.25, 0.3) is 0 Å². The van der Waals surface area contributed by atoms with Gasteiger partial charge in [-0.1, -0.05) is 0 Å². The van der Waals surface area contributed by atoms with E-state index in [0.29, 0.717) is 0 Å². The molecule has 0 spiro atoms. The summed E-state index contributed by atoms with van der Waals surface area (Å²) in [4.78, 5) is 0. The topological polar surface area (TPSA) is 38.4 Å². The molecule has 0 atom stereocenters. The van der Waals surface area contributed by atoms with E-state index in [4.69, 9.17) is 0 Å². The normalized spacial score (nSPS) is 20.2. The molecule has 0 unspecified atom stereocenters. The van der Waals surface area contributed by atoms with Crippen molar-refractivity contribution >= 4 is 0 Å². The molecule has 0 aromatic heterocycles. The van der Waals surface area contributed by atoms with Crippen LogP contribution in [-0.2, 0) is 14.6 Å². The van der Waals surface area contributed by atoms with Gasteiger partial charge in [0.15, 0.2) is 0 Å². The molecule has 1 radical (unpaired) electrons. The Hall–Kier alpha value is -0.700. The number of ether oxygens (including phenoxy) is 2. The second kappa shape index (κ2) is 1.18. The van der Waals surface area contributed by atoms with Crippen LogP contribution in [0.4, 0.5) is 0 Å². The van der Waals surface area contributed by atoms with Crippen molar-refractivity contribution in [2.75, 3.05) is 0 Å². The summed E-state index contributed by atoms with van der Waals surface area (Å²) in [5.74, 6) is 0. The molecule has 0 aliphatic carbocycles. The first kappa shape index (κ1) is 3.49. The van der Waals surface area contributed by atoms with Gasteiger partial charge in [-0.15, -0.1) is 5.11 Å². The molecule has 33 valence electrons. The lowest BCUT2D eigenvalue weighted by molar-refractivity contribution is -0.220. The first-order valence-corrected chi connectivity index (χ1v) is 1.51. The summed E-state index contributed by atoms with van der Waals surface area (Å²) >= 11 is 0. The van der Waals surface area contributed by atoms with Crippen LogP contribution in [0.3, 0.4) is 0 Å². The van der Waals surface area contributed by atoms with Crippen LogP contribution in [-0.4, -0.2) is 6.48 Å². The molecule has 6 heavy (non-hydrogen) atoms. The van der Waals surface area contributed by atoms with Crippen LogP contribution < -0.4 is 0 Å². The summed E-state index contributed by atoms with van der Waals surface area (Å²) in [6, 6.07) is 0. The zero-order valence-corrected chi connectivity index (χ0v) is 2.96. The van der Waals surface area contributed by atoms with Crippen molar-refractivity contribution in [3.8, 4) is 0 Å². The van der Waals surface area contributed by atoms with Crippen molar-refractivity contribution in [2.45, 2.75) is 6.48 Å². The standard InChI is InChI=1S/C3H3O3/c4-3-5-1-2-6-3/h1-3H. The number of rotatable bonds is 0. The van der Waals surface area contributed by atoms with E-state index in [1.807, 2.05) is 0 Å². The minimum Gasteiger partial charge on any atom is -0.435 e. The van der Waals surface area contributed by atoms with Gasteiger partial charge in [0.2, 0.25) is 0 Å². The third-order valence-electron chi connectivity index (χ3n) is 0.435. The molecular formula is C3H3O3. The van der Waals surface area contributed by atoms with E-state index in [1.165, 1.54) is 12.5 Å². The molecular weight excluding hydrogens is 84.0 g/mol. The maximum Gasteiger partial charge on any atom is 0.387 e. The third kappa shape index (κ3) is 0.440. The predicted octanol–water partition coefficient (Wildman–Crippen LogP) is 0.218.